The van der Waals surface area contributed by atoms with E-state index in [1.165, 1.54) is 6.42 Å². The van der Waals surface area contributed by atoms with Gasteiger partial charge in [-0.3, -0.25) is 10.1 Å². The van der Waals surface area contributed by atoms with Crippen LogP contribution in [-0.4, -0.2) is 45.8 Å². The maximum atomic E-state index is 12.2. The molecule has 3 amide bonds. The standard InChI is InChI=1S/C20H31N3O4/c1-14-10-17(26-3)18(27-4)11-15(14)12-23(2)13-19(24)22-20(25)21-16-8-6-5-7-9-16/h10-11,16H,5-9,12-13H2,1-4H3,(H2,21,22,24,25)/p+1. The van der Waals surface area contributed by atoms with Crippen LogP contribution in [0.25, 0.3) is 0 Å². The van der Waals surface area contributed by atoms with Crippen molar-refractivity contribution >= 4 is 11.9 Å². The van der Waals surface area contributed by atoms with Gasteiger partial charge in [-0.2, -0.15) is 0 Å². The molecule has 0 radical (unpaired) electrons. The highest BCUT2D eigenvalue weighted by atomic mass is 16.5. The number of amides is 3. The van der Waals surface area contributed by atoms with Crippen LogP contribution in [0.15, 0.2) is 12.1 Å². The summed E-state index contributed by atoms with van der Waals surface area (Å²) in [6.45, 7) is 2.86. The quantitative estimate of drug-likeness (QED) is 0.666. The number of hydrogen-bond acceptors (Lipinski definition) is 4. The Morgan fingerprint density at radius 2 is 1.74 bits per heavy atom. The molecule has 1 aliphatic carbocycles. The second kappa shape index (κ2) is 10.2. The largest absolute Gasteiger partial charge is 0.493 e. The molecule has 150 valence electrons. The predicted molar refractivity (Wildman–Crippen MR) is 103 cm³/mol. The maximum absolute atomic E-state index is 12.2. The minimum atomic E-state index is -0.387. The lowest BCUT2D eigenvalue weighted by Gasteiger charge is -2.22. The predicted octanol–water partition coefficient (Wildman–Crippen LogP) is 1.19. The van der Waals surface area contributed by atoms with E-state index in [1.54, 1.807) is 14.2 Å². The third kappa shape index (κ3) is 6.43. The van der Waals surface area contributed by atoms with E-state index in [4.69, 9.17) is 9.47 Å². The van der Waals surface area contributed by atoms with Crippen molar-refractivity contribution in [3.63, 3.8) is 0 Å². The molecule has 0 spiro atoms. The normalized spacial score (nSPS) is 15.7. The van der Waals surface area contributed by atoms with Gasteiger partial charge in [-0.1, -0.05) is 19.3 Å². The number of rotatable bonds is 7. The molecule has 1 fully saturated rings. The molecular formula is C20H32N3O4+. The first-order valence-electron chi connectivity index (χ1n) is 9.56. The lowest BCUT2D eigenvalue weighted by molar-refractivity contribution is -0.885. The Kier molecular flexibility index (Phi) is 7.91. The molecule has 1 atom stereocenters. The van der Waals surface area contributed by atoms with Gasteiger partial charge in [0.25, 0.3) is 5.91 Å². The molecule has 1 unspecified atom stereocenters. The van der Waals surface area contributed by atoms with Crippen LogP contribution in [0.2, 0.25) is 0 Å². The first-order chi connectivity index (χ1) is 12.9. The van der Waals surface area contributed by atoms with Gasteiger partial charge in [-0.15, -0.1) is 0 Å². The van der Waals surface area contributed by atoms with Gasteiger partial charge in [-0.05, 0) is 37.5 Å². The first-order valence-corrected chi connectivity index (χ1v) is 9.56. The van der Waals surface area contributed by atoms with Crippen LogP contribution in [-0.2, 0) is 11.3 Å². The molecule has 1 saturated carbocycles. The zero-order chi connectivity index (χ0) is 19.8. The first kappa shape index (κ1) is 21.0. The van der Waals surface area contributed by atoms with E-state index in [1.807, 2.05) is 26.1 Å². The highest BCUT2D eigenvalue weighted by molar-refractivity contribution is 5.94. The third-order valence-corrected chi connectivity index (χ3v) is 4.99. The summed E-state index contributed by atoms with van der Waals surface area (Å²) in [4.78, 5) is 25.1. The van der Waals surface area contributed by atoms with Gasteiger partial charge in [0.1, 0.15) is 6.54 Å². The Balaban J connectivity index is 1.84. The van der Waals surface area contributed by atoms with E-state index in [0.29, 0.717) is 18.0 Å². The third-order valence-electron chi connectivity index (χ3n) is 4.99. The van der Waals surface area contributed by atoms with E-state index in [-0.39, 0.29) is 24.5 Å². The summed E-state index contributed by atoms with van der Waals surface area (Å²) in [7, 11) is 5.14. The number of nitrogens with one attached hydrogen (secondary N) is 3. The number of imide groups is 1. The number of carbonyl (C=O) groups excluding carboxylic acids is 2. The molecule has 3 N–H and O–H groups in total. The van der Waals surface area contributed by atoms with Gasteiger partial charge >= 0.3 is 6.03 Å². The fraction of sp³-hybridized carbons (Fsp3) is 0.600. The summed E-state index contributed by atoms with van der Waals surface area (Å²) in [6.07, 6.45) is 5.48. The Hall–Kier alpha value is -2.28. The second-order valence-electron chi connectivity index (χ2n) is 7.30. The topological polar surface area (TPSA) is 81.1 Å². The van der Waals surface area contributed by atoms with Gasteiger partial charge in [0.05, 0.1) is 21.3 Å². The lowest BCUT2D eigenvalue weighted by Crippen LogP contribution is -3.09. The molecule has 27 heavy (non-hydrogen) atoms. The minimum absolute atomic E-state index is 0.186. The van der Waals surface area contributed by atoms with Crippen molar-refractivity contribution in [2.75, 3.05) is 27.8 Å². The average molecular weight is 378 g/mol. The van der Waals surface area contributed by atoms with Crippen LogP contribution in [0.1, 0.15) is 43.2 Å². The van der Waals surface area contributed by atoms with Crippen molar-refractivity contribution in [1.29, 1.82) is 0 Å². The maximum Gasteiger partial charge on any atom is 0.321 e. The summed E-state index contributed by atoms with van der Waals surface area (Å²) in [6, 6.07) is 3.66. The van der Waals surface area contributed by atoms with Crippen LogP contribution in [0, 0.1) is 6.92 Å². The van der Waals surface area contributed by atoms with Gasteiger partial charge < -0.3 is 19.7 Å². The highest BCUT2D eigenvalue weighted by Gasteiger charge is 2.19. The Bertz CT molecular complexity index is 657. The fourth-order valence-corrected chi connectivity index (χ4v) is 3.51. The van der Waals surface area contributed by atoms with Gasteiger partial charge in [-0.25, -0.2) is 4.79 Å². The van der Waals surface area contributed by atoms with Crippen molar-refractivity contribution in [1.82, 2.24) is 10.6 Å². The molecule has 1 aromatic rings. The zero-order valence-electron chi connectivity index (χ0n) is 16.8. The van der Waals surface area contributed by atoms with Gasteiger partial charge in [0.15, 0.2) is 18.0 Å². The number of methoxy groups -OCH3 is 2. The number of hydrogen-bond donors (Lipinski definition) is 3. The van der Waals surface area contributed by atoms with Crippen molar-refractivity contribution < 1.29 is 24.0 Å². The molecule has 7 heteroatoms. The molecule has 0 aliphatic heterocycles. The summed E-state index contributed by atoms with van der Waals surface area (Å²) < 4.78 is 10.7. The number of quaternary nitrogens is 1. The van der Waals surface area contributed by atoms with Crippen LogP contribution >= 0.6 is 0 Å². The van der Waals surface area contributed by atoms with E-state index >= 15 is 0 Å². The number of aryl methyl sites for hydroxylation is 1. The average Bonchev–Trinajstić information content (AvgIpc) is 2.63. The van der Waals surface area contributed by atoms with Crippen molar-refractivity contribution in [3.8, 4) is 11.5 Å². The Labute approximate surface area is 161 Å². The molecule has 2 rings (SSSR count). The van der Waals surface area contributed by atoms with E-state index < -0.39 is 0 Å². The molecular weight excluding hydrogens is 346 g/mol. The van der Waals surface area contributed by atoms with Crippen LogP contribution in [0.3, 0.4) is 0 Å². The zero-order valence-corrected chi connectivity index (χ0v) is 16.8. The van der Waals surface area contributed by atoms with E-state index in [2.05, 4.69) is 10.6 Å². The van der Waals surface area contributed by atoms with Gasteiger partial charge in [0, 0.05) is 11.6 Å². The number of benzene rings is 1. The van der Waals surface area contributed by atoms with Crippen LogP contribution < -0.4 is 25.0 Å². The lowest BCUT2D eigenvalue weighted by atomic mass is 9.96. The van der Waals surface area contributed by atoms with Crippen molar-refractivity contribution in [2.24, 2.45) is 0 Å². The van der Waals surface area contributed by atoms with Crippen molar-refractivity contribution in [2.45, 2.75) is 51.6 Å². The van der Waals surface area contributed by atoms with Crippen molar-refractivity contribution in [3.05, 3.63) is 23.3 Å². The summed E-state index contributed by atoms with van der Waals surface area (Å²) >= 11 is 0. The number of likely N-dealkylation sites (N-methyl/N-ethyl adjacent to an activating group) is 1. The van der Waals surface area contributed by atoms with E-state index in [0.717, 1.165) is 41.7 Å². The highest BCUT2D eigenvalue weighted by Crippen LogP contribution is 2.29. The molecule has 7 nitrogen and oxygen atoms in total. The van der Waals surface area contributed by atoms with Crippen LogP contribution in [0.4, 0.5) is 4.79 Å². The van der Waals surface area contributed by atoms with Crippen LogP contribution in [0.5, 0.6) is 11.5 Å². The van der Waals surface area contributed by atoms with Gasteiger partial charge in [0.2, 0.25) is 0 Å². The number of ether oxygens (including phenoxy) is 2. The molecule has 0 aromatic heterocycles. The molecule has 1 aliphatic rings. The monoisotopic (exact) mass is 378 g/mol. The summed E-state index contributed by atoms with van der Waals surface area (Å²) in [5, 5.41) is 5.34. The minimum Gasteiger partial charge on any atom is -0.493 e. The summed E-state index contributed by atoms with van der Waals surface area (Å²) in [5.41, 5.74) is 2.15. The number of carbonyl (C=O) groups is 2. The molecule has 1 aromatic carbocycles. The Morgan fingerprint density at radius 1 is 1.11 bits per heavy atom. The molecule has 0 heterocycles. The molecule has 0 bridgehead atoms. The molecule has 0 saturated heterocycles. The fourth-order valence-electron chi connectivity index (χ4n) is 3.51. The smallest absolute Gasteiger partial charge is 0.321 e. The second-order valence-corrected chi connectivity index (χ2v) is 7.30. The van der Waals surface area contributed by atoms with E-state index in [9.17, 15) is 9.59 Å². The SMILES string of the molecule is COc1cc(C)c(C[NH+](C)CC(=O)NC(=O)NC2CCCCC2)cc1OC. The Morgan fingerprint density at radius 3 is 2.37 bits per heavy atom. The summed E-state index contributed by atoms with van der Waals surface area (Å²) in [5.74, 6) is 1.08. The number of urea groups is 1.